The monoisotopic (exact) mass is 342 g/mol. The molecule has 0 saturated carbocycles. The molecule has 1 aliphatic carbocycles. The van der Waals surface area contributed by atoms with Gasteiger partial charge in [0.15, 0.2) is 0 Å². The first-order valence-electron chi connectivity index (χ1n) is 8.42. The lowest BCUT2D eigenvalue weighted by molar-refractivity contribution is 0.0933. The fourth-order valence-corrected chi connectivity index (χ4v) is 2.90. The number of rotatable bonds is 4. The molecule has 0 spiro atoms. The average Bonchev–Trinajstić information content (AvgIpc) is 2.56. The van der Waals surface area contributed by atoms with Crippen molar-refractivity contribution in [2.75, 3.05) is 0 Å². The van der Waals surface area contributed by atoms with E-state index in [2.05, 4.69) is 15.4 Å². The van der Waals surface area contributed by atoms with Gasteiger partial charge in [-0.3, -0.25) is 9.59 Å². The van der Waals surface area contributed by atoms with Crippen LogP contribution in [0.1, 0.15) is 41.9 Å². The Bertz CT molecular complexity index is 827. The highest BCUT2D eigenvalue weighted by molar-refractivity contribution is 5.94. The summed E-state index contributed by atoms with van der Waals surface area (Å²) in [6.07, 6.45) is 3.71. The molecule has 7 nitrogen and oxygen atoms in total. The number of hydrogen-bond acceptors (Lipinski definition) is 5. The van der Waals surface area contributed by atoms with E-state index in [9.17, 15) is 9.59 Å². The molecule has 3 rings (SSSR count). The lowest BCUT2D eigenvalue weighted by Gasteiger charge is -2.24. The maximum atomic E-state index is 12.4. The average molecular weight is 342 g/mol. The first-order valence-corrected chi connectivity index (χ1v) is 8.42. The van der Waals surface area contributed by atoms with Crippen LogP contribution < -0.4 is 15.6 Å². The van der Waals surface area contributed by atoms with Crippen LogP contribution in [-0.2, 0) is 19.9 Å². The van der Waals surface area contributed by atoms with Gasteiger partial charge >= 0.3 is 0 Å². The predicted octanol–water partition coefficient (Wildman–Crippen LogP) is 1.25. The molecule has 2 aromatic heterocycles. The van der Waals surface area contributed by atoms with E-state index in [0.29, 0.717) is 17.9 Å². The van der Waals surface area contributed by atoms with Crippen LogP contribution in [0.4, 0.5) is 0 Å². The van der Waals surface area contributed by atoms with Crippen LogP contribution in [0.5, 0.6) is 5.88 Å². The van der Waals surface area contributed by atoms with Crippen molar-refractivity contribution in [3.05, 3.63) is 51.6 Å². The first-order chi connectivity index (χ1) is 11.9. The molecular weight excluding hydrogens is 320 g/mol. The van der Waals surface area contributed by atoms with E-state index in [1.807, 2.05) is 13.8 Å². The molecule has 0 radical (unpaired) electrons. The number of fused-ring (bicyclic) bond motifs is 1. The summed E-state index contributed by atoms with van der Waals surface area (Å²) in [7, 11) is 1.65. The van der Waals surface area contributed by atoms with Gasteiger partial charge in [0.2, 0.25) is 5.88 Å². The van der Waals surface area contributed by atoms with Crippen LogP contribution in [-0.4, -0.2) is 32.8 Å². The maximum absolute atomic E-state index is 12.4. The summed E-state index contributed by atoms with van der Waals surface area (Å²) in [5.41, 5.74) is 2.21. The minimum atomic E-state index is -0.172. The van der Waals surface area contributed by atoms with Crippen molar-refractivity contribution >= 4 is 5.91 Å². The van der Waals surface area contributed by atoms with Crippen LogP contribution in [0.3, 0.4) is 0 Å². The van der Waals surface area contributed by atoms with E-state index in [4.69, 9.17) is 4.74 Å². The van der Waals surface area contributed by atoms with Gasteiger partial charge in [0.05, 0.1) is 17.4 Å². The molecule has 7 heteroatoms. The van der Waals surface area contributed by atoms with E-state index < -0.39 is 0 Å². The Kier molecular flexibility index (Phi) is 4.83. The van der Waals surface area contributed by atoms with Gasteiger partial charge in [-0.15, -0.1) is 0 Å². The zero-order valence-electron chi connectivity index (χ0n) is 14.7. The molecule has 0 fully saturated rings. The van der Waals surface area contributed by atoms with E-state index in [1.54, 1.807) is 25.2 Å². The molecule has 25 heavy (non-hydrogen) atoms. The molecular formula is C18H22N4O3. The normalized spacial score (nSPS) is 16.4. The molecule has 1 atom stereocenters. The Morgan fingerprint density at radius 2 is 2.20 bits per heavy atom. The quantitative estimate of drug-likeness (QED) is 0.904. The molecule has 2 heterocycles. The highest BCUT2D eigenvalue weighted by atomic mass is 16.5. The molecule has 0 saturated heterocycles. The van der Waals surface area contributed by atoms with Crippen LogP contribution in [0, 0.1) is 0 Å². The number of aryl methyl sites for hydroxylation is 2. The number of carbonyl (C=O) groups excluding carboxylic acids is 1. The van der Waals surface area contributed by atoms with Crippen molar-refractivity contribution in [1.82, 2.24) is 20.1 Å². The van der Waals surface area contributed by atoms with Gasteiger partial charge in [0, 0.05) is 31.4 Å². The topological polar surface area (TPSA) is 86.1 Å². The van der Waals surface area contributed by atoms with Gasteiger partial charge in [0.25, 0.3) is 11.5 Å². The van der Waals surface area contributed by atoms with Gasteiger partial charge in [-0.05, 0) is 44.7 Å². The van der Waals surface area contributed by atoms with Crippen LogP contribution in [0.2, 0.25) is 0 Å². The molecule has 2 aromatic rings. The van der Waals surface area contributed by atoms with Gasteiger partial charge in [0.1, 0.15) is 0 Å². The lowest BCUT2D eigenvalue weighted by Crippen LogP contribution is -2.40. The fraction of sp³-hybridized carbons (Fsp3) is 0.444. The molecule has 0 aliphatic heterocycles. The van der Waals surface area contributed by atoms with Crippen molar-refractivity contribution in [1.29, 1.82) is 0 Å². The third-order valence-electron chi connectivity index (χ3n) is 4.14. The Hall–Kier alpha value is -2.70. The number of nitrogens with zero attached hydrogens (tertiary/aromatic N) is 3. The van der Waals surface area contributed by atoms with Crippen molar-refractivity contribution < 1.29 is 9.53 Å². The van der Waals surface area contributed by atoms with E-state index in [1.165, 1.54) is 10.9 Å². The van der Waals surface area contributed by atoms with E-state index in [0.717, 1.165) is 24.1 Å². The minimum absolute atomic E-state index is 0.0134. The van der Waals surface area contributed by atoms with Gasteiger partial charge < -0.3 is 10.1 Å². The summed E-state index contributed by atoms with van der Waals surface area (Å²) in [4.78, 5) is 28.3. The third-order valence-corrected chi connectivity index (χ3v) is 4.14. The summed E-state index contributed by atoms with van der Waals surface area (Å²) in [6, 6.07) is 4.99. The standard InChI is InChI=1S/C18H22N4O3/c1-11(2)25-16-7-4-12(10-19-16)18(24)20-14-5-6-15-13(8-14)9-17(23)22(3)21-15/h4,7,9-11,14H,5-6,8H2,1-3H3,(H,20,24)/t14-/m1/s1. The van der Waals surface area contributed by atoms with Gasteiger partial charge in [-0.1, -0.05) is 0 Å². The maximum Gasteiger partial charge on any atom is 0.266 e. The van der Waals surface area contributed by atoms with E-state index in [-0.39, 0.29) is 23.6 Å². The van der Waals surface area contributed by atoms with Crippen molar-refractivity contribution in [2.45, 2.75) is 45.3 Å². The van der Waals surface area contributed by atoms with Crippen LogP contribution >= 0.6 is 0 Å². The largest absolute Gasteiger partial charge is 0.475 e. The number of aromatic nitrogens is 3. The van der Waals surface area contributed by atoms with Crippen molar-refractivity contribution in [2.24, 2.45) is 7.05 Å². The molecule has 1 amide bonds. The second-order valence-corrected chi connectivity index (χ2v) is 6.54. The number of pyridine rings is 1. The SMILES string of the molecule is CC(C)Oc1ccc(C(=O)N[C@@H]2CCc3nn(C)c(=O)cc3C2)cn1. The molecule has 0 unspecified atom stereocenters. The smallest absolute Gasteiger partial charge is 0.266 e. The summed E-state index contributed by atoms with van der Waals surface area (Å²) in [5.74, 6) is 0.328. The molecule has 0 aromatic carbocycles. The Morgan fingerprint density at radius 3 is 2.88 bits per heavy atom. The fourth-order valence-electron chi connectivity index (χ4n) is 2.90. The summed E-state index contributed by atoms with van der Waals surface area (Å²) in [5, 5.41) is 7.30. The van der Waals surface area contributed by atoms with Crippen LogP contribution in [0.15, 0.2) is 29.2 Å². The second-order valence-electron chi connectivity index (χ2n) is 6.54. The first kappa shape index (κ1) is 17.1. The second kappa shape index (κ2) is 7.04. The highest BCUT2D eigenvalue weighted by Gasteiger charge is 2.22. The predicted molar refractivity (Wildman–Crippen MR) is 92.8 cm³/mol. The van der Waals surface area contributed by atoms with Gasteiger partial charge in [-0.25, -0.2) is 9.67 Å². The summed E-state index contributed by atoms with van der Waals surface area (Å²) < 4.78 is 6.83. The van der Waals surface area contributed by atoms with Crippen molar-refractivity contribution in [3.63, 3.8) is 0 Å². The summed E-state index contributed by atoms with van der Waals surface area (Å²) in [6.45, 7) is 3.84. The van der Waals surface area contributed by atoms with Gasteiger partial charge in [-0.2, -0.15) is 5.10 Å². The molecule has 132 valence electrons. The number of hydrogen-bond donors (Lipinski definition) is 1. The highest BCUT2D eigenvalue weighted by Crippen LogP contribution is 2.18. The lowest BCUT2D eigenvalue weighted by atomic mass is 9.92. The zero-order valence-corrected chi connectivity index (χ0v) is 14.7. The summed E-state index contributed by atoms with van der Waals surface area (Å²) >= 11 is 0. The Labute approximate surface area is 146 Å². The van der Waals surface area contributed by atoms with Crippen LogP contribution in [0.25, 0.3) is 0 Å². The molecule has 1 aliphatic rings. The van der Waals surface area contributed by atoms with Crippen molar-refractivity contribution in [3.8, 4) is 5.88 Å². The number of nitrogens with one attached hydrogen (secondary N) is 1. The zero-order chi connectivity index (χ0) is 18.0. The Balaban J connectivity index is 1.65. The third kappa shape index (κ3) is 4.04. The number of carbonyl (C=O) groups is 1. The minimum Gasteiger partial charge on any atom is -0.475 e. The van der Waals surface area contributed by atoms with E-state index >= 15 is 0 Å². The number of amides is 1. The molecule has 1 N–H and O–H groups in total. The number of ether oxygens (including phenoxy) is 1. The Morgan fingerprint density at radius 1 is 1.40 bits per heavy atom. The molecule has 0 bridgehead atoms.